The van der Waals surface area contributed by atoms with Crippen LogP contribution in [0, 0.1) is 24.5 Å². The van der Waals surface area contributed by atoms with Crippen molar-refractivity contribution in [2.75, 3.05) is 29.6 Å². The fraction of sp³-hybridized carbons (Fsp3) is 0.450. The molecule has 0 aliphatic heterocycles. The Morgan fingerprint density at radius 1 is 1.07 bits per heavy atom. The van der Waals surface area contributed by atoms with E-state index in [1.165, 1.54) is 6.07 Å². The number of hydrogen-bond donors (Lipinski definition) is 2. The minimum atomic E-state index is -0.969. The van der Waals surface area contributed by atoms with Crippen LogP contribution < -0.4 is 15.5 Å². The molecule has 6 nitrogen and oxygen atoms in total. The van der Waals surface area contributed by atoms with Gasteiger partial charge >= 0.3 is 0 Å². The molecule has 2 aromatic rings. The van der Waals surface area contributed by atoms with Crippen molar-refractivity contribution < 1.29 is 13.6 Å². The quantitative estimate of drug-likeness (QED) is 0.815. The summed E-state index contributed by atoms with van der Waals surface area (Å²) in [5.74, 6) is 0.131. The summed E-state index contributed by atoms with van der Waals surface area (Å²) in [5, 5.41) is 6.12. The Morgan fingerprint density at radius 3 is 2.43 bits per heavy atom. The van der Waals surface area contributed by atoms with Gasteiger partial charge in [-0.15, -0.1) is 0 Å². The van der Waals surface area contributed by atoms with Crippen molar-refractivity contribution in [2.45, 2.75) is 38.6 Å². The third kappa shape index (κ3) is 4.94. The van der Waals surface area contributed by atoms with E-state index in [0.29, 0.717) is 5.82 Å². The van der Waals surface area contributed by atoms with Gasteiger partial charge in [-0.3, -0.25) is 4.79 Å². The summed E-state index contributed by atoms with van der Waals surface area (Å²) in [7, 11) is 3.87. The number of aryl methyl sites for hydroxylation is 1. The van der Waals surface area contributed by atoms with Gasteiger partial charge in [-0.25, -0.2) is 18.7 Å². The number of carbonyl (C=O) groups excluding carboxylic acids is 1. The molecule has 28 heavy (non-hydrogen) atoms. The van der Waals surface area contributed by atoms with Crippen LogP contribution in [0.15, 0.2) is 24.3 Å². The van der Waals surface area contributed by atoms with E-state index in [0.717, 1.165) is 49.5 Å². The van der Waals surface area contributed by atoms with E-state index in [1.807, 2.05) is 32.0 Å². The van der Waals surface area contributed by atoms with Gasteiger partial charge in [-0.2, -0.15) is 0 Å². The number of aromatic nitrogens is 2. The van der Waals surface area contributed by atoms with E-state index in [2.05, 4.69) is 20.6 Å². The third-order valence-electron chi connectivity index (χ3n) is 4.92. The first-order valence-electron chi connectivity index (χ1n) is 9.37. The van der Waals surface area contributed by atoms with Gasteiger partial charge in [0, 0.05) is 43.9 Å². The Hall–Kier alpha value is -2.77. The molecule has 1 amide bonds. The van der Waals surface area contributed by atoms with Crippen molar-refractivity contribution in [1.82, 2.24) is 9.97 Å². The van der Waals surface area contributed by atoms with Crippen molar-refractivity contribution in [2.24, 2.45) is 5.92 Å². The maximum absolute atomic E-state index is 13.3. The molecule has 2 N–H and O–H groups in total. The standard InChI is InChI=1S/C20H25F2N5O/c1-12-23-18(11-19(24-12)27(2)3)25-14-6-4-13(5-7-14)20(28)26-15-8-9-16(21)17(22)10-15/h8-11,13-14H,4-7H2,1-3H3,(H,26,28)(H,23,24,25). The monoisotopic (exact) mass is 389 g/mol. The Balaban J connectivity index is 1.54. The number of benzene rings is 1. The summed E-state index contributed by atoms with van der Waals surface area (Å²) in [5.41, 5.74) is 0.275. The van der Waals surface area contributed by atoms with Gasteiger partial charge in [-0.1, -0.05) is 0 Å². The number of rotatable bonds is 5. The van der Waals surface area contributed by atoms with E-state index in [1.54, 1.807) is 0 Å². The lowest BCUT2D eigenvalue weighted by atomic mass is 9.85. The van der Waals surface area contributed by atoms with Crippen molar-refractivity contribution in [3.63, 3.8) is 0 Å². The molecule has 1 aliphatic rings. The number of amides is 1. The minimum absolute atomic E-state index is 0.143. The summed E-state index contributed by atoms with van der Waals surface area (Å²) < 4.78 is 26.3. The first-order chi connectivity index (χ1) is 13.3. The zero-order valence-corrected chi connectivity index (χ0v) is 16.3. The highest BCUT2D eigenvalue weighted by Gasteiger charge is 2.27. The van der Waals surface area contributed by atoms with Gasteiger partial charge in [0.2, 0.25) is 5.91 Å². The zero-order valence-electron chi connectivity index (χ0n) is 16.3. The van der Waals surface area contributed by atoms with Crippen LogP contribution in [-0.2, 0) is 4.79 Å². The average Bonchev–Trinajstić information content (AvgIpc) is 2.65. The molecule has 1 aromatic carbocycles. The molecular weight excluding hydrogens is 364 g/mol. The second-order valence-corrected chi connectivity index (χ2v) is 7.36. The van der Waals surface area contributed by atoms with Crippen molar-refractivity contribution >= 4 is 23.2 Å². The van der Waals surface area contributed by atoms with Crippen molar-refractivity contribution in [3.05, 3.63) is 41.7 Å². The number of carbonyl (C=O) groups is 1. The molecule has 0 unspecified atom stereocenters. The van der Waals surface area contributed by atoms with Gasteiger partial charge in [0.25, 0.3) is 0 Å². The molecule has 1 aromatic heterocycles. The first-order valence-corrected chi connectivity index (χ1v) is 9.37. The second-order valence-electron chi connectivity index (χ2n) is 7.36. The number of anilines is 3. The fourth-order valence-electron chi connectivity index (χ4n) is 3.38. The summed E-state index contributed by atoms with van der Waals surface area (Å²) in [4.78, 5) is 23.2. The molecule has 150 valence electrons. The van der Waals surface area contributed by atoms with E-state index in [9.17, 15) is 13.6 Å². The number of nitrogens with zero attached hydrogens (tertiary/aromatic N) is 3. The number of halogens is 2. The van der Waals surface area contributed by atoms with Crippen LogP contribution in [-0.4, -0.2) is 36.0 Å². The van der Waals surface area contributed by atoms with Crippen LogP contribution in [0.5, 0.6) is 0 Å². The normalized spacial score (nSPS) is 19.2. The topological polar surface area (TPSA) is 70.2 Å². The molecule has 0 saturated heterocycles. The molecule has 1 saturated carbocycles. The van der Waals surface area contributed by atoms with Gasteiger partial charge in [-0.05, 0) is 44.7 Å². The highest BCUT2D eigenvalue weighted by molar-refractivity contribution is 5.92. The van der Waals surface area contributed by atoms with Gasteiger partial charge in [0.1, 0.15) is 17.5 Å². The van der Waals surface area contributed by atoms with Crippen molar-refractivity contribution in [3.8, 4) is 0 Å². The number of hydrogen-bond acceptors (Lipinski definition) is 5. The molecule has 0 spiro atoms. The van der Waals surface area contributed by atoms with E-state index in [-0.39, 0.29) is 23.6 Å². The average molecular weight is 389 g/mol. The molecule has 1 heterocycles. The summed E-state index contributed by atoms with van der Waals surface area (Å²) in [6, 6.07) is 5.52. The lowest BCUT2D eigenvalue weighted by molar-refractivity contribution is -0.120. The molecule has 1 aliphatic carbocycles. The van der Waals surface area contributed by atoms with E-state index in [4.69, 9.17) is 0 Å². The SMILES string of the molecule is Cc1nc(NC2CCC(C(=O)Nc3ccc(F)c(F)c3)CC2)cc(N(C)C)n1. The smallest absolute Gasteiger partial charge is 0.227 e. The molecule has 0 atom stereocenters. The molecule has 3 rings (SSSR count). The van der Waals surface area contributed by atoms with Crippen LogP contribution in [0.25, 0.3) is 0 Å². The second kappa shape index (κ2) is 8.50. The van der Waals surface area contributed by atoms with Crippen LogP contribution in [0.3, 0.4) is 0 Å². The van der Waals surface area contributed by atoms with Crippen LogP contribution >= 0.6 is 0 Å². The highest BCUT2D eigenvalue weighted by Crippen LogP contribution is 2.28. The first kappa shape index (κ1) is 20.0. The summed E-state index contributed by atoms with van der Waals surface area (Å²) in [6.07, 6.45) is 3.10. The molecule has 0 bridgehead atoms. The summed E-state index contributed by atoms with van der Waals surface area (Å²) in [6.45, 7) is 1.86. The lowest BCUT2D eigenvalue weighted by Gasteiger charge is -2.29. The van der Waals surface area contributed by atoms with E-state index >= 15 is 0 Å². The molecule has 0 radical (unpaired) electrons. The number of nitrogens with one attached hydrogen (secondary N) is 2. The molecule has 1 fully saturated rings. The molecule has 8 heteroatoms. The lowest BCUT2D eigenvalue weighted by Crippen LogP contribution is -2.32. The predicted octanol–water partition coefficient (Wildman–Crippen LogP) is 3.74. The van der Waals surface area contributed by atoms with E-state index < -0.39 is 11.6 Å². The van der Waals surface area contributed by atoms with Crippen LogP contribution in [0.4, 0.5) is 26.1 Å². The third-order valence-corrected chi connectivity index (χ3v) is 4.92. The Morgan fingerprint density at radius 2 is 1.79 bits per heavy atom. The zero-order chi connectivity index (χ0) is 20.3. The Kier molecular flexibility index (Phi) is 6.06. The maximum Gasteiger partial charge on any atom is 0.227 e. The highest BCUT2D eigenvalue weighted by atomic mass is 19.2. The summed E-state index contributed by atoms with van der Waals surface area (Å²) >= 11 is 0. The Labute approximate surface area is 163 Å². The Bertz CT molecular complexity index is 850. The minimum Gasteiger partial charge on any atom is -0.367 e. The fourth-order valence-corrected chi connectivity index (χ4v) is 3.38. The van der Waals surface area contributed by atoms with Crippen LogP contribution in [0.1, 0.15) is 31.5 Å². The largest absolute Gasteiger partial charge is 0.367 e. The predicted molar refractivity (Wildman–Crippen MR) is 105 cm³/mol. The van der Waals surface area contributed by atoms with Crippen LogP contribution in [0.2, 0.25) is 0 Å². The van der Waals surface area contributed by atoms with Gasteiger partial charge < -0.3 is 15.5 Å². The van der Waals surface area contributed by atoms with Crippen molar-refractivity contribution in [1.29, 1.82) is 0 Å². The maximum atomic E-state index is 13.3. The van der Waals surface area contributed by atoms with Gasteiger partial charge in [0.05, 0.1) is 0 Å². The van der Waals surface area contributed by atoms with Gasteiger partial charge in [0.15, 0.2) is 11.6 Å². The molecular formula is C20H25F2N5O.